The Morgan fingerprint density at radius 1 is 1.17 bits per heavy atom. The van der Waals surface area contributed by atoms with Gasteiger partial charge in [-0.2, -0.15) is 0 Å². The van der Waals surface area contributed by atoms with Gasteiger partial charge in [-0.15, -0.1) is 11.3 Å². The Morgan fingerprint density at radius 3 is 2.62 bits per heavy atom. The van der Waals surface area contributed by atoms with E-state index in [1.54, 1.807) is 17.5 Å². The molecule has 0 bridgehead atoms. The Bertz CT molecular complexity index is 978. The second-order valence-corrected chi connectivity index (χ2v) is 7.33. The van der Waals surface area contributed by atoms with E-state index in [-0.39, 0.29) is 24.0 Å². The van der Waals surface area contributed by atoms with Gasteiger partial charge in [-0.05, 0) is 56.7 Å². The normalized spacial score (nSPS) is 10.6. The molecule has 0 radical (unpaired) electrons. The van der Waals surface area contributed by atoms with Gasteiger partial charge in [0.05, 0.1) is 18.4 Å². The van der Waals surface area contributed by atoms with Gasteiger partial charge in [0.1, 0.15) is 0 Å². The van der Waals surface area contributed by atoms with E-state index in [1.165, 1.54) is 17.6 Å². The summed E-state index contributed by atoms with van der Waals surface area (Å²) in [6.45, 7) is 8.09. The number of carbonyl (C=O) groups excluding carboxylic acids is 2. The van der Waals surface area contributed by atoms with Crippen molar-refractivity contribution >= 4 is 39.7 Å². The van der Waals surface area contributed by atoms with Crippen molar-refractivity contribution in [2.24, 2.45) is 0 Å². The van der Waals surface area contributed by atoms with Gasteiger partial charge in [-0.1, -0.05) is 0 Å². The molecule has 3 aromatic rings. The van der Waals surface area contributed by atoms with Crippen LogP contribution in [0.25, 0.3) is 0 Å². The van der Waals surface area contributed by atoms with Crippen molar-refractivity contribution in [2.75, 3.05) is 28.6 Å². The molecule has 0 spiro atoms. The number of carbonyl (C=O) groups is 2. The smallest absolute Gasteiger partial charge is 0.293 e. The summed E-state index contributed by atoms with van der Waals surface area (Å²) in [5.41, 5.74) is 3.53. The van der Waals surface area contributed by atoms with Crippen molar-refractivity contribution in [3.05, 3.63) is 59.0 Å². The highest BCUT2D eigenvalue weighted by Gasteiger charge is 2.14. The summed E-state index contributed by atoms with van der Waals surface area (Å²) >= 11 is 1.27. The average Bonchev–Trinajstić information content (AvgIpc) is 3.37. The number of anilines is 3. The van der Waals surface area contributed by atoms with Gasteiger partial charge in [-0.25, -0.2) is 4.98 Å². The molecule has 2 heterocycles. The molecule has 3 rings (SSSR count). The number of amides is 2. The van der Waals surface area contributed by atoms with Gasteiger partial charge in [0, 0.05) is 29.8 Å². The number of rotatable bonds is 8. The third kappa shape index (κ3) is 5.23. The molecular formula is C21H24N4O3S. The molecule has 0 unspecified atom stereocenters. The standard InChI is InChI=1S/C21H24N4O3S/c1-4-25(5-2)16-8-9-17(14(3)11-16)23-19(26)12-15-13-29-21(22-15)24-20(27)18-7-6-10-28-18/h6-11,13H,4-5,12H2,1-3H3,(H,23,26)(H,22,24,27). The fraction of sp³-hybridized carbons (Fsp3) is 0.286. The van der Waals surface area contributed by atoms with Crippen molar-refractivity contribution < 1.29 is 14.0 Å². The predicted octanol–water partition coefficient (Wildman–Crippen LogP) is 4.32. The summed E-state index contributed by atoms with van der Waals surface area (Å²) < 4.78 is 5.05. The molecule has 7 nitrogen and oxygen atoms in total. The second-order valence-electron chi connectivity index (χ2n) is 6.47. The van der Waals surface area contributed by atoms with Crippen LogP contribution in [0.2, 0.25) is 0 Å². The van der Waals surface area contributed by atoms with E-state index < -0.39 is 0 Å². The molecule has 0 saturated carbocycles. The number of benzene rings is 1. The molecular weight excluding hydrogens is 388 g/mol. The molecule has 29 heavy (non-hydrogen) atoms. The maximum absolute atomic E-state index is 12.4. The summed E-state index contributed by atoms with van der Waals surface area (Å²) in [6.07, 6.45) is 1.56. The van der Waals surface area contributed by atoms with E-state index in [1.807, 2.05) is 19.1 Å². The van der Waals surface area contributed by atoms with Crippen LogP contribution >= 0.6 is 11.3 Å². The largest absolute Gasteiger partial charge is 0.459 e. The third-order valence-electron chi connectivity index (χ3n) is 4.47. The van der Waals surface area contributed by atoms with E-state index in [0.29, 0.717) is 10.8 Å². The van der Waals surface area contributed by atoms with E-state index in [2.05, 4.69) is 40.4 Å². The van der Waals surface area contributed by atoms with Crippen molar-refractivity contribution in [2.45, 2.75) is 27.2 Å². The highest BCUT2D eigenvalue weighted by molar-refractivity contribution is 7.14. The molecule has 0 fully saturated rings. The number of aromatic nitrogens is 1. The quantitative estimate of drug-likeness (QED) is 0.575. The molecule has 0 atom stereocenters. The molecule has 0 aliphatic rings. The first-order valence-electron chi connectivity index (χ1n) is 9.44. The minimum atomic E-state index is -0.371. The fourth-order valence-electron chi connectivity index (χ4n) is 2.94. The lowest BCUT2D eigenvalue weighted by Crippen LogP contribution is -2.22. The number of furan rings is 1. The highest BCUT2D eigenvalue weighted by atomic mass is 32.1. The summed E-state index contributed by atoms with van der Waals surface area (Å²) in [7, 11) is 0. The lowest BCUT2D eigenvalue weighted by molar-refractivity contribution is -0.115. The average molecular weight is 413 g/mol. The number of hydrogen-bond donors (Lipinski definition) is 2. The van der Waals surface area contributed by atoms with Crippen LogP contribution in [0.1, 0.15) is 35.7 Å². The van der Waals surface area contributed by atoms with Gasteiger partial charge in [0.2, 0.25) is 5.91 Å². The Morgan fingerprint density at radius 2 is 1.97 bits per heavy atom. The topological polar surface area (TPSA) is 87.5 Å². The van der Waals surface area contributed by atoms with Crippen molar-refractivity contribution in [3.8, 4) is 0 Å². The van der Waals surface area contributed by atoms with Gasteiger partial charge >= 0.3 is 0 Å². The maximum Gasteiger partial charge on any atom is 0.293 e. The van der Waals surface area contributed by atoms with Crippen LogP contribution in [0.15, 0.2) is 46.4 Å². The zero-order chi connectivity index (χ0) is 20.8. The Hall–Kier alpha value is -3.13. The van der Waals surface area contributed by atoms with Gasteiger partial charge in [0.15, 0.2) is 10.9 Å². The van der Waals surface area contributed by atoms with Crippen molar-refractivity contribution in [1.82, 2.24) is 4.98 Å². The van der Waals surface area contributed by atoms with E-state index >= 15 is 0 Å². The SMILES string of the molecule is CCN(CC)c1ccc(NC(=O)Cc2csc(NC(=O)c3ccco3)n2)c(C)c1. The zero-order valence-corrected chi connectivity index (χ0v) is 17.5. The van der Waals surface area contributed by atoms with Crippen LogP contribution in [0.4, 0.5) is 16.5 Å². The maximum atomic E-state index is 12.4. The predicted molar refractivity (Wildman–Crippen MR) is 116 cm³/mol. The molecule has 0 aliphatic carbocycles. The molecule has 152 valence electrons. The lowest BCUT2D eigenvalue weighted by Gasteiger charge is -2.22. The van der Waals surface area contributed by atoms with Crippen LogP contribution in [0.3, 0.4) is 0 Å². The lowest BCUT2D eigenvalue weighted by atomic mass is 10.1. The molecule has 0 saturated heterocycles. The van der Waals surface area contributed by atoms with Gasteiger partial charge in [-0.3, -0.25) is 14.9 Å². The number of thiazole rings is 1. The molecule has 1 aromatic carbocycles. The zero-order valence-electron chi connectivity index (χ0n) is 16.7. The van der Waals surface area contributed by atoms with Crippen molar-refractivity contribution in [3.63, 3.8) is 0 Å². The minimum Gasteiger partial charge on any atom is -0.459 e. The summed E-state index contributed by atoms with van der Waals surface area (Å²) in [5.74, 6) is -0.315. The summed E-state index contributed by atoms with van der Waals surface area (Å²) in [5, 5.41) is 7.78. The van der Waals surface area contributed by atoms with E-state index in [9.17, 15) is 9.59 Å². The van der Waals surface area contributed by atoms with E-state index in [0.717, 1.165) is 30.0 Å². The van der Waals surface area contributed by atoms with Crippen LogP contribution in [-0.4, -0.2) is 29.9 Å². The number of aryl methyl sites for hydroxylation is 1. The highest BCUT2D eigenvalue weighted by Crippen LogP contribution is 2.23. The first-order valence-corrected chi connectivity index (χ1v) is 10.3. The van der Waals surface area contributed by atoms with Crippen LogP contribution in [0, 0.1) is 6.92 Å². The summed E-state index contributed by atoms with van der Waals surface area (Å²) in [6, 6.07) is 9.24. The van der Waals surface area contributed by atoms with Gasteiger partial charge in [0.25, 0.3) is 5.91 Å². The molecule has 2 N–H and O–H groups in total. The molecule has 2 aromatic heterocycles. The first-order chi connectivity index (χ1) is 14.0. The Kier molecular flexibility index (Phi) is 6.66. The summed E-state index contributed by atoms with van der Waals surface area (Å²) in [4.78, 5) is 31.0. The number of hydrogen-bond acceptors (Lipinski definition) is 6. The number of nitrogens with one attached hydrogen (secondary N) is 2. The fourth-order valence-corrected chi connectivity index (χ4v) is 3.65. The van der Waals surface area contributed by atoms with Crippen LogP contribution < -0.4 is 15.5 Å². The van der Waals surface area contributed by atoms with Crippen LogP contribution in [-0.2, 0) is 11.2 Å². The minimum absolute atomic E-state index is 0.129. The first kappa shape index (κ1) is 20.6. The second kappa shape index (κ2) is 9.38. The third-order valence-corrected chi connectivity index (χ3v) is 5.28. The van der Waals surface area contributed by atoms with E-state index in [4.69, 9.17) is 4.42 Å². The Balaban J connectivity index is 1.58. The van der Waals surface area contributed by atoms with Gasteiger partial charge < -0.3 is 14.6 Å². The monoisotopic (exact) mass is 412 g/mol. The van der Waals surface area contributed by atoms with Crippen LogP contribution in [0.5, 0.6) is 0 Å². The number of nitrogens with zero attached hydrogens (tertiary/aromatic N) is 2. The Labute approximate surface area is 173 Å². The molecule has 8 heteroatoms. The molecule has 2 amide bonds. The van der Waals surface area contributed by atoms with Crippen molar-refractivity contribution in [1.29, 1.82) is 0 Å². The molecule has 0 aliphatic heterocycles.